The zero-order valence-corrected chi connectivity index (χ0v) is 6.62. The van der Waals surface area contributed by atoms with Crippen LogP contribution in [0.15, 0.2) is 12.0 Å². The van der Waals surface area contributed by atoms with E-state index in [2.05, 4.69) is 17.7 Å². The Hall–Kier alpha value is -0.290. The first-order valence-corrected chi connectivity index (χ1v) is 4.38. The molecule has 9 heavy (non-hydrogen) atoms. The van der Waals surface area contributed by atoms with Gasteiger partial charge in [0.15, 0.2) is 0 Å². The van der Waals surface area contributed by atoms with Gasteiger partial charge < -0.3 is 4.98 Å². The number of rotatable bonds is 3. The molecule has 0 atom stereocenters. The Kier molecular flexibility index (Phi) is 2.79. The van der Waals surface area contributed by atoms with Gasteiger partial charge in [-0.3, -0.25) is 0 Å². The number of hydrogen-bond acceptors (Lipinski definition) is 0. The van der Waals surface area contributed by atoms with Crippen LogP contribution >= 0.6 is 8.19 Å². The standard InChI is InChI=1S/C7H12NP/c1-2-3-4-7-8-5-6-9-7/h5-6,8H,2-4H2,1H3. The van der Waals surface area contributed by atoms with E-state index in [0.717, 1.165) is 0 Å². The second kappa shape index (κ2) is 3.68. The van der Waals surface area contributed by atoms with Crippen LogP contribution in [0.1, 0.15) is 25.2 Å². The molecular formula is C7H12NP. The summed E-state index contributed by atoms with van der Waals surface area (Å²) >= 11 is 0. The molecule has 50 valence electrons. The Balaban J connectivity index is 2.30. The van der Waals surface area contributed by atoms with Crippen molar-refractivity contribution in [2.75, 3.05) is 0 Å². The molecule has 0 aliphatic rings. The molecule has 0 fully saturated rings. The zero-order chi connectivity index (χ0) is 6.53. The van der Waals surface area contributed by atoms with Gasteiger partial charge in [-0.05, 0) is 18.6 Å². The molecular weight excluding hydrogens is 129 g/mol. The number of nitrogens with one attached hydrogen (secondary N) is 1. The van der Waals surface area contributed by atoms with Crippen molar-refractivity contribution in [3.05, 3.63) is 17.4 Å². The van der Waals surface area contributed by atoms with E-state index in [1.54, 1.807) is 0 Å². The maximum absolute atomic E-state index is 3.22. The van der Waals surface area contributed by atoms with Gasteiger partial charge in [0.05, 0.1) is 0 Å². The van der Waals surface area contributed by atoms with Crippen molar-refractivity contribution in [3.63, 3.8) is 0 Å². The van der Waals surface area contributed by atoms with Gasteiger partial charge in [-0.2, -0.15) is 0 Å². The molecule has 2 heteroatoms. The van der Waals surface area contributed by atoms with Gasteiger partial charge in [0.1, 0.15) is 0 Å². The third-order valence-electron chi connectivity index (χ3n) is 1.32. The van der Waals surface area contributed by atoms with Crippen molar-refractivity contribution in [1.29, 1.82) is 0 Å². The van der Waals surface area contributed by atoms with Crippen molar-refractivity contribution in [1.82, 2.24) is 4.98 Å². The lowest BCUT2D eigenvalue weighted by atomic mass is 10.3. The first kappa shape index (κ1) is 6.82. The molecule has 1 nitrogen and oxygen atoms in total. The molecule has 1 N–H and O–H groups in total. The summed E-state index contributed by atoms with van der Waals surface area (Å²) in [6.07, 6.45) is 5.87. The number of hydrogen-bond donors (Lipinski definition) is 1. The highest BCUT2D eigenvalue weighted by Gasteiger charge is 1.89. The molecule has 1 rings (SSSR count). The summed E-state index contributed by atoms with van der Waals surface area (Å²) in [4.78, 5) is 3.22. The normalized spacial score (nSPS) is 10.8. The number of H-pyrrole nitrogens is 1. The third-order valence-corrected chi connectivity index (χ3v) is 2.28. The Morgan fingerprint density at radius 1 is 1.67 bits per heavy atom. The highest BCUT2D eigenvalue weighted by molar-refractivity contribution is 7.29. The van der Waals surface area contributed by atoms with Crippen molar-refractivity contribution in [3.8, 4) is 0 Å². The summed E-state index contributed by atoms with van der Waals surface area (Å²) in [6.45, 7) is 2.22. The van der Waals surface area contributed by atoms with Gasteiger partial charge in [-0.15, -0.1) is 0 Å². The summed E-state index contributed by atoms with van der Waals surface area (Å²) in [5.41, 5.74) is 1.46. The van der Waals surface area contributed by atoms with E-state index in [1.165, 1.54) is 32.9 Å². The van der Waals surface area contributed by atoms with Crippen LogP contribution in [0.2, 0.25) is 0 Å². The van der Waals surface area contributed by atoms with E-state index >= 15 is 0 Å². The first-order chi connectivity index (χ1) is 4.43. The maximum Gasteiger partial charge on any atom is 0.0424 e. The molecule has 1 heterocycles. The van der Waals surface area contributed by atoms with E-state index in [1.807, 2.05) is 6.20 Å². The molecule has 0 bridgehead atoms. The van der Waals surface area contributed by atoms with Crippen molar-refractivity contribution in [2.24, 2.45) is 0 Å². The van der Waals surface area contributed by atoms with E-state index in [4.69, 9.17) is 0 Å². The average molecular weight is 141 g/mol. The summed E-state index contributed by atoms with van der Waals surface area (Å²) in [5, 5.41) is 0. The smallest absolute Gasteiger partial charge is 0.0424 e. The highest BCUT2D eigenvalue weighted by atomic mass is 31.0. The molecule has 0 amide bonds. The minimum atomic E-state index is 1.24. The Labute approximate surface area is 57.6 Å². The fraction of sp³-hybridized carbons (Fsp3) is 0.571. The van der Waals surface area contributed by atoms with Crippen LogP contribution in [-0.2, 0) is 6.42 Å². The zero-order valence-electron chi connectivity index (χ0n) is 5.72. The van der Waals surface area contributed by atoms with Crippen LogP contribution in [0, 0.1) is 0 Å². The molecule has 0 unspecified atom stereocenters. The molecule has 1 aromatic heterocycles. The van der Waals surface area contributed by atoms with Crippen LogP contribution in [0.25, 0.3) is 0 Å². The molecule has 0 saturated heterocycles. The topological polar surface area (TPSA) is 15.8 Å². The van der Waals surface area contributed by atoms with Crippen LogP contribution in [0.3, 0.4) is 0 Å². The molecule has 0 aliphatic carbocycles. The summed E-state index contributed by atoms with van der Waals surface area (Å²) in [6, 6.07) is 0. The number of aryl methyl sites for hydroxylation is 1. The van der Waals surface area contributed by atoms with Gasteiger partial charge in [0, 0.05) is 11.6 Å². The Morgan fingerprint density at radius 3 is 3.11 bits per heavy atom. The molecule has 0 aliphatic heterocycles. The second-order valence-corrected chi connectivity index (χ2v) is 3.24. The lowest BCUT2D eigenvalue weighted by Crippen LogP contribution is -1.79. The average Bonchev–Trinajstić information content (AvgIpc) is 2.34. The monoisotopic (exact) mass is 141 g/mol. The number of aromatic nitrogens is 1. The molecule has 0 saturated carbocycles. The van der Waals surface area contributed by atoms with Crippen LogP contribution in [0.4, 0.5) is 0 Å². The Bertz CT molecular complexity index is 146. The SMILES string of the molecule is CCCCc1[nH]ccp1. The van der Waals surface area contributed by atoms with Crippen LogP contribution < -0.4 is 0 Å². The number of unbranched alkanes of at least 4 members (excludes halogenated alkanes) is 1. The predicted octanol–water partition coefficient (Wildman–Crippen LogP) is 2.94. The van der Waals surface area contributed by atoms with E-state index in [-0.39, 0.29) is 0 Å². The van der Waals surface area contributed by atoms with Gasteiger partial charge in [0.2, 0.25) is 0 Å². The fourth-order valence-electron chi connectivity index (χ4n) is 0.779. The highest BCUT2D eigenvalue weighted by Crippen LogP contribution is 2.12. The molecule has 0 aromatic carbocycles. The lowest BCUT2D eigenvalue weighted by molar-refractivity contribution is 0.790. The van der Waals surface area contributed by atoms with Crippen LogP contribution in [0.5, 0.6) is 0 Å². The first-order valence-electron chi connectivity index (χ1n) is 3.41. The molecule has 0 spiro atoms. The second-order valence-electron chi connectivity index (χ2n) is 2.14. The van der Waals surface area contributed by atoms with Crippen molar-refractivity contribution in [2.45, 2.75) is 26.2 Å². The third kappa shape index (κ3) is 2.19. The summed E-state index contributed by atoms with van der Waals surface area (Å²) < 4.78 is 0. The van der Waals surface area contributed by atoms with E-state index in [9.17, 15) is 0 Å². The maximum atomic E-state index is 3.22. The minimum Gasteiger partial charge on any atom is -0.361 e. The number of aromatic amines is 1. The van der Waals surface area contributed by atoms with Gasteiger partial charge in [0.25, 0.3) is 0 Å². The van der Waals surface area contributed by atoms with Gasteiger partial charge >= 0.3 is 0 Å². The fourth-order valence-corrected chi connectivity index (χ4v) is 1.54. The molecule has 0 radical (unpaired) electrons. The van der Waals surface area contributed by atoms with Gasteiger partial charge in [-0.1, -0.05) is 21.5 Å². The summed E-state index contributed by atoms with van der Waals surface area (Å²) in [7, 11) is 1.37. The van der Waals surface area contributed by atoms with Crippen molar-refractivity contribution >= 4 is 8.19 Å². The van der Waals surface area contributed by atoms with Crippen LogP contribution in [-0.4, -0.2) is 4.98 Å². The molecule has 1 aromatic rings. The Morgan fingerprint density at radius 2 is 2.56 bits per heavy atom. The predicted molar refractivity (Wildman–Crippen MR) is 41.9 cm³/mol. The minimum absolute atomic E-state index is 1.24. The largest absolute Gasteiger partial charge is 0.361 e. The summed E-state index contributed by atoms with van der Waals surface area (Å²) in [5.74, 6) is 2.14. The van der Waals surface area contributed by atoms with Gasteiger partial charge in [-0.25, -0.2) is 0 Å². The quantitative estimate of drug-likeness (QED) is 0.666. The van der Waals surface area contributed by atoms with E-state index < -0.39 is 0 Å². The van der Waals surface area contributed by atoms with E-state index in [0.29, 0.717) is 0 Å². The lowest BCUT2D eigenvalue weighted by Gasteiger charge is -1.90. The van der Waals surface area contributed by atoms with Crippen molar-refractivity contribution < 1.29 is 0 Å².